The van der Waals surface area contributed by atoms with Crippen LogP contribution < -0.4 is 0 Å². The van der Waals surface area contributed by atoms with Crippen LogP contribution in [0.1, 0.15) is 80.5 Å². The maximum absolute atomic E-state index is 11.7. The summed E-state index contributed by atoms with van der Waals surface area (Å²) in [5.41, 5.74) is 3.00. The zero-order chi connectivity index (χ0) is 23.9. The number of hydrogen-bond acceptors (Lipinski definition) is 1. The van der Waals surface area contributed by atoms with Gasteiger partial charge in [0.1, 0.15) is 0 Å². The van der Waals surface area contributed by atoms with Crippen molar-refractivity contribution in [3.8, 4) is 0 Å². The smallest absolute Gasteiger partial charge is 0.0962 e. The third-order valence-electron chi connectivity index (χ3n) is 6.52. The quantitative estimate of drug-likeness (QED) is 0.115. The van der Waals surface area contributed by atoms with Gasteiger partial charge in [0.2, 0.25) is 0 Å². The number of benzene rings is 2. The van der Waals surface area contributed by atoms with E-state index in [1.807, 2.05) is 84.9 Å². The Hall–Kier alpha value is -2.38. The minimum Gasteiger partial charge on any atom is -0.748 e. The van der Waals surface area contributed by atoms with E-state index in [0.29, 0.717) is 0 Å². The zero-order valence-corrected chi connectivity index (χ0v) is 22.2. The molecule has 0 aromatic heterocycles. The molecule has 4 aromatic carbocycles. The van der Waals surface area contributed by atoms with Crippen molar-refractivity contribution in [1.29, 1.82) is 0 Å². The van der Waals surface area contributed by atoms with Crippen molar-refractivity contribution in [2.75, 3.05) is 0 Å². The van der Waals surface area contributed by atoms with Crippen molar-refractivity contribution in [1.82, 2.24) is 0 Å². The minimum absolute atomic E-state index is 0. The van der Waals surface area contributed by atoms with E-state index in [1.54, 1.807) is 0 Å². The molecule has 0 aliphatic rings. The average molecular weight is 509 g/mol. The molecule has 4 aromatic rings. The molecule has 0 fully saturated rings. The Kier molecular flexibility index (Phi) is 13.5. The van der Waals surface area contributed by atoms with Crippen LogP contribution in [0, 0.1) is 0 Å². The maximum Gasteiger partial charge on any atom is 0.0962 e. The summed E-state index contributed by atoms with van der Waals surface area (Å²) < 4.78 is 0. The maximum atomic E-state index is 11.7. The first-order valence-corrected chi connectivity index (χ1v) is 13.0. The van der Waals surface area contributed by atoms with E-state index >= 15 is 0 Å². The Bertz CT molecular complexity index is 970. The number of hydrogen-bond donors (Lipinski definition) is 1. The molecular weight excluding hydrogens is 468 g/mol. The molecule has 2 heteroatoms. The van der Waals surface area contributed by atoms with Crippen molar-refractivity contribution < 1.29 is 22.2 Å². The Morgan fingerprint density at radius 3 is 1.66 bits per heavy atom. The summed E-state index contributed by atoms with van der Waals surface area (Å²) in [6, 6.07) is 36.5. The van der Waals surface area contributed by atoms with Gasteiger partial charge in [0, 0.05) is 17.1 Å². The molecule has 0 saturated carbocycles. The number of unbranched alkanes of at least 4 members (excludes halogenated alkanes) is 7. The fraction of sp³-hybridized carbons (Fsp3) is 0.333. The second-order valence-corrected chi connectivity index (χ2v) is 9.13. The predicted molar refractivity (Wildman–Crippen MR) is 145 cm³/mol. The first-order valence-electron chi connectivity index (χ1n) is 13.0. The Labute approximate surface area is 223 Å². The summed E-state index contributed by atoms with van der Waals surface area (Å²) in [6.07, 6.45) is 11.9. The van der Waals surface area contributed by atoms with Crippen LogP contribution in [0.25, 0.3) is 0 Å². The van der Waals surface area contributed by atoms with E-state index in [4.69, 9.17) is 0 Å². The molecule has 4 rings (SSSR count). The van der Waals surface area contributed by atoms with Crippen LogP contribution in [0.15, 0.2) is 109 Å². The molecular formula is C33H40FeO-6. The van der Waals surface area contributed by atoms with Crippen LogP contribution in [0.5, 0.6) is 0 Å². The topological polar surface area (TPSA) is 20.2 Å². The third kappa shape index (κ3) is 8.97. The van der Waals surface area contributed by atoms with Gasteiger partial charge in [-0.1, -0.05) is 106 Å². The Balaban J connectivity index is 0.000000640. The van der Waals surface area contributed by atoms with Crippen molar-refractivity contribution in [2.24, 2.45) is 0 Å². The van der Waals surface area contributed by atoms with Crippen LogP contribution in [-0.2, 0) is 29.1 Å². The van der Waals surface area contributed by atoms with Crippen molar-refractivity contribution in [3.05, 3.63) is 131 Å². The average Bonchev–Trinajstić information content (AvgIpc) is 3.64. The van der Waals surface area contributed by atoms with Gasteiger partial charge in [0.15, 0.2) is 0 Å². The SMILES string of the molecule is CCCCCCCCCCc1ccc(C(O)(c2ccccc2)[c-]2cccc2)cc1.[Fe].[cH-]1[cH-][cH-][cH-][cH-]1. The normalized spacial score (nSPS) is 12.2. The van der Waals surface area contributed by atoms with E-state index in [0.717, 1.165) is 23.1 Å². The molecule has 192 valence electrons. The molecule has 0 saturated heterocycles. The zero-order valence-electron chi connectivity index (χ0n) is 21.1. The largest absolute Gasteiger partial charge is 0.748 e. The third-order valence-corrected chi connectivity index (χ3v) is 6.52. The summed E-state index contributed by atoms with van der Waals surface area (Å²) in [7, 11) is 0. The van der Waals surface area contributed by atoms with Crippen LogP contribution in [0.2, 0.25) is 0 Å². The number of aryl methyl sites for hydroxylation is 1. The van der Waals surface area contributed by atoms with Crippen LogP contribution in [0.3, 0.4) is 0 Å². The molecule has 0 aliphatic carbocycles. The molecule has 1 nitrogen and oxygen atoms in total. The second kappa shape index (κ2) is 16.3. The summed E-state index contributed by atoms with van der Waals surface area (Å²) in [6.45, 7) is 2.27. The van der Waals surface area contributed by atoms with E-state index in [1.165, 1.54) is 56.9 Å². The van der Waals surface area contributed by atoms with Gasteiger partial charge in [-0.3, -0.25) is 0 Å². The van der Waals surface area contributed by atoms with Gasteiger partial charge in [-0.25, -0.2) is 12.1 Å². The standard InChI is InChI=1S/C28H35O.C5H5.Fe/c1-2-3-4-5-6-7-8-10-15-24-20-22-27(23-21-24)28(29,26-18-13-14-19-26)25-16-11-9-12-17-25;1-2-4-5-3-1;/h9,11-14,16-23,29H,2-8,10,15H2,1H3;1-5H;/q-1;-5;. The summed E-state index contributed by atoms with van der Waals surface area (Å²) >= 11 is 0. The molecule has 0 amide bonds. The van der Waals surface area contributed by atoms with Crippen molar-refractivity contribution in [2.45, 2.75) is 70.3 Å². The van der Waals surface area contributed by atoms with Gasteiger partial charge in [-0.2, -0.15) is 12.1 Å². The Morgan fingerprint density at radius 2 is 1.11 bits per heavy atom. The molecule has 1 atom stereocenters. The molecule has 0 bridgehead atoms. The van der Waals surface area contributed by atoms with E-state index in [-0.39, 0.29) is 17.1 Å². The van der Waals surface area contributed by atoms with Gasteiger partial charge < -0.3 is 35.4 Å². The monoisotopic (exact) mass is 508 g/mol. The molecule has 1 unspecified atom stereocenters. The van der Waals surface area contributed by atoms with E-state index < -0.39 is 5.60 Å². The van der Waals surface area contributed by atoms with Gasteiger partial charge >= 0.3 is 0 Å². The first kappa shape index (κ1) is 28.9. The van der Waals surface area contributed by atoms with Crippen molar-refractivity contribution >= 4 is 0 Å². The fourth-order valence-electron chi connectivity index (χ4n) is 4.49. The van der Waals surface area contributed by atoms with Gasteiger partial charge in [0.05, 0.1) is 5.60 Å². The van der Waals surface area contributed by atoms with Gasteiger partial charge in [-0.05, 0) is 29.5 Å². The molecule has 0 heterocycles. The second-order valence-electron chi connectivity index (χ2n) is 9.13. The van der Waals surface area contributed by atoms with E-state index in [9.17, 15) is 5.11 Å². The van der Waals surface area contributed by atoms with Crippen LogP contribution in [0.4, 0.5) is 0 Å². The summed E-state index contributed by atoms with van der Waals surface area (Å²) in [5, 5.41) is 11.7. The first-order chi connectivity index (χ1) is 16.7. The van der Waals surface area contributed by atoms with Crippen LogP contribution in [-0.4, -0.2) is 5.11 Å². The predicted octanol–water partition coefficient (Wildman–Crippen LogP) is 8.78. The Morgan fingerprint density at radius 1 is 0.629 bits per heavy atom. The molecule has 0 radical (unpaired) electrons. The number of rotatable bonds is 12. The number of aliphatic hydroxyl groups is 1. The molecule has 1 N–H and O–H groups in total. The van der Waals surface area contributed by atoms with Gasteiger partial charge in [0.25, 0.3) is 0 Å². The summed E-state index contributed by atoms with van der Waals surface area (Å²) in [4.78, 5) is 0. The van der Waals surface area contributed by atoms with E-state index in [2.05, 4.69) is 31.2 Å². The molecule has 35 heavy (non-hydrogen) atoms. The molecule has 0 aliphatic heterocycles. The fourth-order valence-corrected chi connectivity index (χ4v) is 4.49. The summed E-state index contributed by atoms with van der Waals surface area (Å²) in [5.74, 6) is 0. The van der Waals surface area contributed by atoms with Crippen molar-refractivity contribution in [3.63, 3.8) is 0 Å². The minimum atomic E-state index is -1.11. The van der Waals surface area contributed by atoms with Crippen LogP contribution >= 0.6 is 0 Å². The molecule has 0 spiro atoms. The van der Waals surface area contributed by atoms with Gasteiger partial charge in [-0.15, -0.1) is 5.56 Å².